The van der Waals surface area contributed by atoms with Gasteiger partial charge >= 0.3 is 0 Å². The van der Waals surface area contributed by atoms with E-state index in [1.54, 1.807) is 30.3 Å². The van der Waals surface area contributed by atoms with Crippen molar-refractivity contribution in [3.63, 3.8) is 0 Å². The zero-order valence-corrected chi connectivity index (χ0v) is 14.7. The molecule has 0 atom stereocenters. The number of nitrogens with one attached hydrogen (secondary N) is 1. The molecule has 0 aliphatic carbocycles. The van der Waals surface area contributed by atoms with Crippen LogP contribution >= 0.6 is 23.6 Å². The zero-order chi connectivity index (χ0) is 17.3. The number of thiophene rings is 1. The normalized spacial score (nSPS) is 16.5. The SMILES string of the molecule is COc1ccccc1N1C(=O)/C(=C\c2ccc(C)s2)C(=O)NC1=S. The highest BCUT2D eigenvalue weighted by Crippen LogP contribution is 2.31. The average molecular weight is 358 g/mol. The smallest absolute Gasteiger partial charge is 0.270 e. The minimum atomic E-state index is -0.498. The fraction of sp³-hybridized carbons (Fsp3) is 0.118. The second-order valence-electron chi connectivity index (χ2n) is 5.08. The molecule has 122 valence electrons. The molecule has 1 saturated heterocycles. The van der Waals surface area contributed by atoms with E-state index in [2.05, 4.69) is 5.32 Å². The third-order valence-electron chi connectivity index (χ3n) is 3.48. The highest BCUT2D eigenvalue weighted by molar-refractivity contribution is 7.80. The fourth-order valence-electron chi connectivity index (χ4n) is 2.36. The summed E-state index contributed by atoms with van der Waals surface area (Å²) in [5, 5.41) is 2.60. The lowest BCUT2D eigenvalue weighted by Crippen LogP contribution is -2.54. The number of carbonyl (C=O) groups is 2. The summed E-state index contributed by atoms with van der Waals surface area (Å²) in [5.41, 5.74) is 0.527. The van der Waals surface area contributed by atoms with Crippen LogP contribution in [0.1, 0.15) is 9.75 Å². The van der Waals surface area contributed by atoms with E-state index in [0.717, 1.165) is 9.75 Å². The summed E-state index contributed by atoms with van der Waals surface area (Å²) in [4.78, 5) is 28.3. The summed E-state index contributed by atoms with van der Waals surface area (Å²) in [6, 6.07) is 10.8. The van der Waals surface area contributed by atoms with E-state index in [4.69, 9.17) is 17.0 Å². The Labute approximate surface area is 148 Å². The molecule has 2 heterocycles. The minimum absolute atomic E-state index is 0.0361. The number of methoxy groups -OCH3 is 1. The van der Waals surface area contributed by atoms with Crippen molar-refractivity contribution in [3.8, 4) is 5.75 Å². The van der Waals surface area contributed by atoms with Gasteiger partial charge in [-0.2, -0.15) is 0 Å². The number of aryl methyl sites for hydroxylation is 1. The van der Waals surface area contributed by atoms with Gasteiger partial charge in [-0.25, -0.2) is 4.90 Å². The predicted octanol–water partition coefficient (Wildman–Crippen LogP) is 2.90. The lowest BCUT2D eigenvalue weighted by atomic mass is 10.1. The lowest BCUT2D eigenvalue weighted by Gasteiger charge is -2.29. The molecule has 1 aliphatic heterocycles. The van der Waals surface area contributed by atoms with E-state index in [1.807, 2.05) is 19.1 Å². The Hall–Kier alpha value is -2.51. The summed E-state index contributed by atoms with van der Waals surface area (Å²) >= 11 is 6.69. The molecule has 1 aromatic carbocycles. The molecule has 2 amide bonds. The van der Waals surface area contributed by atoms with Gasteiger partial charge in [-0.1, -0.05) is 12.1 Å². The van der Waals surface area contributed by atoms with E-state index in [1.165, 1.54) is 23.3 Å². The summed E-state index contributed by atoms with van der Waals surface area (Å²) in [5.74, 6) is -0.475. The van der Waals surface area contributed by atoms with Crippen LogP contribution in [0.15, 0.2) is 42.0 Å². The summed E-state index contributed by atoms with van der Waals surface area (Å²) < 4.78 is 5.30. The maximum absolute atomic E-state index is 12.9. The van der Waals surface area contributed by atoms with Gasteiger partial charge < -0.3 is 4.74 Å². The van der Waals surface area contributed by atoms with Gasteiger partial charge in [0.05, 0.1) is 12.8 Å². The lowest BCUT2D eigenvalue weighted by molar-refractivity contribution is -0.122. The molecule has 0 bridgehead atoms. The standard InChI is InChI=1S/C17H14N2O3S2/c1-10-7-8-11(24-10)9-12-15(20)18-17(23)19(16(12)21)13-5-3-4-6-14(13)22-2/h3-9H,1-2H3,(H,18,20,23)/b12-9-. The number of benzene rings is 1. The largest absolute Gasteiger partial charge is 0.495 e. The number of ether oxygens (including phenoxy) is 1. The number of hydrogen-bond acceptors (Lipinski definition) is 5. The third-order valence-corrected chi connectivity index (χ3v) is 4.71. The first-order valence-electron chi connectivity index (χ1n) is 7.12. The fourth-order valence-corrected chi connectivity index (χ4v) is 3.46. The van der Waals surface area contributed by atoms with E-state index in [0.29, 0.717) is 11.4 Å². The van der Waals surface area contributed by atoms with Crippen LogP contribution in [0.2, 0.25) is 0 Å². The monoisotopic (exact) mass is 358 g/mol. The van der Waals surface area contributed by atoms with Crippen LogP contribution in [-0.2, 0) is 9.59 Å². The van der Waals surface area contributed by atoms with Crippen LogP contribution < -0.4 is 15.0 Å². The maximum atomic E-state index is 12.9. The van der Waals surface area contributed by atoms with Gasteiger partial charge in [-0.3, -0.25) is 14.9 Å². The number of amides is 2. The molecule has 1 aliphatic rings. The number of carbonyl (C=O) groups excluding carboxylic acids is 2. The van der Waals surface area contributed by atoms with Gasteiger partial charge in [0.15, 0.2) is 5.11 Å². The van der Waals surface area contributed by atoms with Crippen LogP contribution in [0.4, 0.5) is 5.69 Å². The second kappa shape index (κ2) is 6.54. The molecule has 5 nitrogen and oxygen atoms in total. The molecule has 2 aromatic rings. The van der Waals surface area contributed by atoms with Gasteiger partial charge in [0.2, 0.25) is 0 Å². The Bertz CT molecular complexity index is 870. The molecule has 0 radical (unpaired) electrons. The Balaban J connectivity index is 2.05. The van der Waals surface area contributed by atoms with Crippen molar-refractivity contribution in [2.45, 2.75) is 6.92 Å². The first kappa shape index (κ1) is 16.4. The molecule has 0 unspecified atom stereocenters. The molecule has 1 aromatic heterocycles. The van der Waals surface area contributed by atoms with Gasteiger partial charge in [-0.15, -0.1) is 11.3 Å². The quantitative estimate of drug-likeness (QED) is 0.521. The molecular weight excluding hydrogens is 344 g/mol. The molecule has 3 rings (SSSR count). The van der Waals surface area contributed by atoms with Crippen molar-refractivity contribution >= 4 is 52.2 Å². The van der Waals surface area contributed by atoms with Crippen LogP contribution in [0.3, 0.4) is 0 Å². The first-order valence-corrected chi connectivity index (χ1v) is 8.34. The summed E-state index contributed by atoms with van der Waals surface area (Å²) in [7, 11) is 1.51. The van der Waals surface area contributed by atoms with Crippen molar-refractivity contribution in [3.05, 3.63) is 51.7 Å². The Morgan fingerprint density at radius 3 is 2.62 bits per heavy atom. The molecule has 1 fully saturated rings. The topological polar surface area (TPSA) is 58.6 Å². The van der Waals surface area contributed by atoms with Gasteiger partial charge in [0.1, 0.15) is 11.3 Å². The maximum Gasteiger partial charge on any atom is 0.270 e. The second-order valence-corrected chi connectivity index (χ2v) is 6.78. The Morgan fingerprint density at radius 1 is 1.21 bits per heavy atom. The summed E-state index contributed by atoms with van der Waals surface area (Å²) in [6.45, 7) is 1.96. The Kier molecular flexibility index (Phi) is 4.46. The minimum Gasteiger partial charge on any atom is -0.495 e. The van der Waals surface area contributed by atoms with Crippen LogP contribution in [0, 0.1) is 6.92 Å². The third kappa shape index (κ3) is 2.95. The van der Waals surface area contributed by atoms with Gasteiger partial charge in [-0.05, 0) is 49.5 Å². The number of anilines is 1. The summed E-state index contributed by atoms with van der Waals surface area (Å²) in [6.07, 6.45) is 1.58. The van der Waals surface area contributed by atoms with E-state index < -0.39 is 11.8 Å². The average Bonchev–Trinajstić information content (AvgIpc) is 2.97. The van der Waals surface area contributed by atoms with Gasteiger partial charge in [0, 0.05) is 9.75 Å². The zero-order valence-electron chi connectivity index (χ0n) is 13.0. The van der Waals surface area contributed by atoms with Crippen LogP contribution in [0.5, 0.6) is 5.75 Å². The number of rotatable bonds is 3. The van der Waals surface area contributed by atoms with Crippen molar-refractivity contribution in [2.75, 3.05) is 12.0 Å². The number of nitrogens with zero attached hydrogens (tertiary/aromatic N) is 1. The predicted molar refractivity (Wildman–Crippen MR) is 98.3 cm³/mol. The van der Waals surface area contributed by atoms with Crippen LogP contribution in [0.25, 0.3) is 6.08 Å². The highest BCUT2D eigenvalue weighted by atomic mass is 32.1. The highest BCUT2D eigenvalue weighted by Gasteiger charge is 2.35. The molecule has 24 heavy (non-hydrogen) atoms. The number of hydrogen-bond donors (Lipinski definition) is 1. The van der Waals surface area contributed by atoms with Crippen molar-refractivity contribution in [2.24, 2.45) is 0 Å². The van der Waals surface area contributed by atoms with Gasteiger partial charge in [0.25, 0.3) is 11.8 Å². The molecule has 0 spiro atoms. The molecular formula is C17H14N2O3S2. The van der Waals surface area contributed by atoms with Crippen LogP contribution in [-0.4, -0.2) is 24.0 Å². The van der Waals surface area contributed by atoms with E-state index >= 15 is 0 Å². The van der Waals surface area contributed by atoms with Crippen molar-refractivity contribution < 1.29 is 14.3 Å². The molecule has 7 heteroatoms. The van der Waals surface area contributed by atoms with Crippen molar-refractivity contribution in [1.29, 1.82) is 0 Å². The van der Waals surface area contributed by atoms with E-state index in [9.17, 15) is 9.59 Å². The van der Waals surface area contributed by atoms with Crippen molar-refractivity contribution in [1.82, 2.24) is 5.32 Å². The molecule has 0 saturated carbocycles. The Morgan fingerprint density at radius 2 is 1.96 bits per heavy atom. The number of para-hydroxylation sites is 2. The first-order chi connectivity index (χ1) is 11.5. The molecule has 1 N–H and O–H groups in total. The van der Waals surface area contributed by atoms with E-state index in [-0.39, 0.29) is 10.7 Å². The number of thiocarbonyl (C=S) groups is 1.